The first-order chi connectivity index (χ1) is 7.24. The van der Waals surface area contributed by atoms with Crippen molar-refractivity contribution in [3.8, 4) is 5.75 Å². The van der Waals surface area contributed by atoms with E-state index in [1.165, 1.54) is 0 Å². The SMILES string of the molecule is CCCCNC(=S)Nc1ccccc1O. The Balaban J connectivity index is 2.41. The molecule has 0 aliphatic heterocycles. The van der Waals surface area contributed by atoms with E-state index in [1.54, 1.807) is 18.2 Å². The number of para-hydroxylation sites is 2. The van der Waals surface area contributed by atoms with Crippen LogP contribution in [-0.2, 0) is 0 Å². The Labute approximate surface area is 95.5 Å². The summed E-state index contributed by atoms with van der Waals surface area (Å²) in [5.41, 5.74) is 0.631. The molecule has 0 aromatic heterocycles. The molecule has 1 aromatic rings. The van der Waals surface area contributed by atoms with Gasteiger partial charge in [0.25, 0.3) is 0 Å². The zero-order chi connectivity index (χ0) is 11.1. The Hall–Kier alpha value is -1.29. The quantitative estimate of drug-likeness (QED) is 0.418. The molecule has 0 bridgehead atoms. The van der Waals surface area contributed by atoms with Gasteiger partial charge in [0.2, 0.25) is 0 Å². The van der Waals surface area contributed by atoms with Gasteiger partial charge in [0.1, 0.15) is 5.75 Å². The monoisotopic (exact) mass is 224 g/mol. The number of anilines is 1. The van der Waals surface area contributed by atoms with Crippen molar-refractivity contribution in [2.24, 2.45) is 0 Å². The summed E-state index contributed by atoms with van der Waals surface area (Å²) in [7, 11) is 0. The van der Waals surface area contributed by atoms with E-state index >= 15 is 0 Å². The van der Waals surface area contributed by atoms with Crippen molar-refractivity contribution in [1.82, 2.24) is 5.32 Å². The van der Waals surface area contributed by atoms with E-state index in [9.17, 15) is 5.11 Å². The average Bonchev–Trinajstić information content (AvgIpc) is 2.22. The summed E-state index contributed by atoms with van der Waals surface area (Å²) in [4.78, 5) is 0. The van der Waals surface area contributed by atoms with E-state index in [-0.39, 0.29) is 5.75 Å². The Bertz CT molecular complexity index is 328. The molecule has 0 heterocycles. The number of phenolic OH excluding ortho intramolecular Hbond substituents is 1. The highest BCUT2D eigenvalue weighted by atomic mass is 32.1. The van der Waals surface area contributed by atoms with Crippen LogP contribution in [0.4, 0.5) is 5.69 Å². The fourth-order valence-corrected chi connectivity index (χ4v) is 1.34. The van der Waals surface area contributed by atoms with E-state index in [0.717, 1.165) is 19.4 Å². The van der Waals surface area contributed by atoms with Crippen LogP contribution in [0, 0.1) is 0 Å². The van der Waals surface area contributed by atoms with Crippen LogP contribution in [0.15, 0.2) is 24.3 Å². The van der Waals surface area contributed by atoms with E-state index in [2.05, 4.69) is 17.6 Å². The molecule has 0 aliphatic rings. The Morgan fingerprint density at radius 3 is 2.80 bits per heavy atom. The summed E-state index contributed by atoms with van der Waals surface area (Å²) in [5.74, 6) is 0.206. The van der Waals surface area contributed by atoms with Gasteiger partial charge in [-0.1, -0.05) is 25.5 Å². The molecule has 3 N–H and O–H groups in total. The van der Waals surface area contributed by atoms with Gasteiger partial charge in [0.05, 0.1) is 5.69 Å². The molecular formula is C11H16N2OS. The van der Waals surface area contributed by atoms with Crippen LogP contribution in [0.3, 0.4) is 0 Å². The molecule has 4 heteroatoms. The number of aromatic hydroxyl groups is 1. The number of thiocarbonyl (C=S) groups is 1. The minimum atomic E-state index is 0.206. The Morgan fingerprint density at radius 2 is 2.13 bits per heavy atom. The summed E-state index contributed by atoms with van der Waals surface area (Å²) in [6.07, 6.45) is 2.22. The molecule has 0 amide bonds. The fourth-order valence-electron chi connectivity index (χ4n) is 1.12. The Morgan fingerprint density at radius 1 is 1.40 bits per heavy atom. The number of nitrogens with one attached hydrogen (secondary N) is 2. The van der Waals surface area contributed by atoms with Gasteiger partial charge in [-0.2, -0.15) is 0 Å². The number of phenols is 1. The lowest BCUT2D eigenvalue weighted by Gasteiger charge is -2.10. The highest BCUT2D eigenvalue weighted by molar-refractivity contribution is 7.80. The third-order valence-corrected chi connectivity index (χ3v) is 2.21. The second kappa shape index (κ2) is 6.24. The van der Waals surface area contributed by atoms with Gasteiger partial charge in [-0.3, -0.25) is 0 Å². The van der Waals surface area contributed by atoms with Crippen molar-refractivity contribution in [2.45, 2.75) is 19.8 Å². The number of unbranched alkanes of at least 4 members (excludes halogenated alkanes) is 1. The maximum Gasteiger partial charge on any atom is 0.170 e. The van der Waals surface area contributed by atoms with Gasteiger partial charge in [0, 0.05) is 6.54 Å². The molecule has 0 saturated carbocycles. The van der Waals surface area contributed by atoms with Gasteiger partial charge in [-0.05, 0) is 30.8 Å². The van der Waals surface area contributed by atoms with Crippen LogP contribution in [-0.4, -0.2) is 16.8 Å². The van der Waals surface area contributed by atoms with E-state index in [0.29, 0.717) is 10.8 Å². The molecule has 0 radical (unpaired) electrons. The highest BCUT2D eigenvalue weighted by Gasteiger charge is 2.00. The molecule has 1 aromatic carbocycles. The van der Waals surface area contributed by atoms with E-state index < -0.39 is 0 Å². The maximum absolute atomic E-state index is 9.48. The van der Waals surface area contributed by atoms with Gasteiger partial charge in [-0.25, -0.2) is 0 Å². The smallest absolute Gasteiger partial charge is 0.170 e. The molecule has 82 valence electrons. The molecule has 0 spiro atoms. The van der Waals surface area contributed by atoms with Crippen LogP contribution in [0.1, 0.15) is 19.8 Å². The molecule has 1 rings (SSSR count). The predicted molar refractivity (Wildman–Crippen MR) is 67.2 cm³/mol. The first kappa shape index (κ1) is 11.8. The summed E-state index contributed by atoms with van der Waals surface area (Å²) >= 11 is 5.08. The van der Waals surface area contributed by atoms with Crippen molar-refractivity contribution in [3.05, 3.63) is 24.3 Å². The number of benzene rings is 1. The largest absolute Gasteiger partial charge is 0.506 e. The van der Waals surface area contributed by atoms with Crippen LogP contribution in [0.5, 0.6) is 5.75 Å². The summed E-state index contributed by atoms with van der Waals surface area (Å²) in [6, 6.07) is 7.02. The lowest BCUT2D eigenvalue weighted by molar-refractivity contribution is 0.478. The van der Waals surface area contributed by atoms with Gasteiger partial charge >= 0.3 is 0 Å². The number of rotatable bonds is 4. The van der Waals surface area contributed by atoms with Crippen molar-refractivity contribution < 1.29 is 5.11 Å². The van der Waals surface area contributed by atoms with Crippen molar-refractivity contribution in [3.63, 3.8) is 0 Å². The number of hydrogen-bond acceptors (Lipinski definition) is 2. The summed E-state index contributed by atoms with van der Waals surface area (Å²) in [6.45, 7) is 2.98. The molecular weight excluding hydrogens is 208 g/mol. The van der Waals surface area contributed by atoms with Crippen molar-refractivity contribution in [1.29, 1.82) is 0 Å². The second-order valence-corrected chi connectivity index (χ2v) is 3.66. The van der Waals surface area contributed by atoms with E-state index in [1.807, 2.05) is 6.07 Å². The number of hydrogen-bond donors (Lipinski definition) is 3. The first-order valence-corrected chi connectivity index (χ1v) is 5.47. The standard InChI is InChI=1S/C11H16N2OS/c1-2-3-8-12-11(15)13-9-6-4-5-7-10(9)14/h4-7,14H,2-3,8H2,1H3,(H2,12,13,15). The van der Waals surface area contributed by atoms with E-state index in [4.69, 9.17) is 12.2 Å². The Kier molecular flexibility index (Phi) is 4.90. The average molecular weight is 224 g/mol. The lowest BCUT2D eigenvalue weighted by atomic mass is 10.3. The van der Waals surface area contributed by atoms with Crippen molar-refractivity contribution >= 4 is 23.0 Å². The minimum absolute atomic E-state index is 0.206. The van der Waals surface area contributed by atoms with Gasteiger partial charge in [-0.15, -0.1) is 0 Å². The first-order valence-electron chi connectivity index (χ1n) is 5.07. The minimum Gasteiger partial charge on any atom is -0.506 e. The fraction of sp³-hybridized carbons (Fsp3) is 0.364. The lowest BCUT2D eigenvalue weighted by Crippen LogP contribution is -2.29. The maximum atomic E-state index is 9.48. The third-order valence-electron chi connectivity index (χ3n) is 1.97. The van der Waals surface area contributed by atoms with Crippen LogP contribution >= 0.6 is 12.2 Å². The topological polar surface area (TPSA) is 44.3 Å². The van der Waals surface area contributed by atoms with Crippen molar-refractivity contribution in [2.75, 3.05) is 11.9 Å². The third kappa shape index (κ3) is 4.16. The molecule has 15 heavy (non-hydrogen) atoms. The molecule has 3 nitrogen and oxygen atoms in total. The predicted octanol–water partition coefficient (Wildman–Crippen LogP) is 2.48. The summed E-state index contributed by atoms with van der Waals surface area (Å²) < 4.78 is 0. The molecule has 0 unspecified atom stereocenters. The highest BCUT2D eigenvalue weighted by Crippen LogP contribution is 2.20. The van der Waals surface area contributed by atoms with Crippen LogP contribution in [0.2, 0.25) is 0 Å². The molecule has 0 atom stereocenters. The van der Waals surface area contributed by atoms with Crippen LogP contribution < -0.4 is 10.6 Å². The van der Waals surface area contributed by atoms with Gasteiger partial charge < -0.3 is 15.7 Å². The summed E-state index contributed by atoms with van der Waals surface area (Å²) in [5, 5.41) is 16.0. The van der Waals surface area contributed by atoms with Gasteiger partial charge in [0.15, 0.2) is 5.11 Å². The molecule has 0 saturated heterocycles. The zero-order valence-corrected chi connectivity index (χ0v) is 9.60. The molecule has 0 aliphatic carbocycles. The normalized spacial score (nSPS) is 9.67. The molecule has 0 fully saturated rings. The zero-order valence-electron chi connectivity index (χ0n) is 8.79. The van der Waals surface area contributed by atoms with Crippen LogP contribution in [0.25, 0.3) is 0 Å². The second-order valence-electron chi connectivity index (χ2n) is 3.25.